The molecule has 326 valence electrons. The Morgan fingerprint density at radius 2 is 1.28 bits per heavy atom. The molecule has 0 aromatic heterocycles. The topological polar surface area (TPSA) is 219 Å². The molecule has 0 saturated carbocycles. The summed E-state index contributed by atoms with van der Waals surface area (Å²) in [4.78, 5) is 2.51. The maximum atomic E-state index is 11.8. The zero-order valence-corrected chi connectivity index (χ0v) is 49.5. The molecule has 0 radical (unpaired) electrons. The van der Waals surface area contributed by atoms with E-state index in [-0.39, 0.29) is 172 Å². The first-order valence-electron chi connectivity index (χ1n) is 19.4. The van der Waals surface area contributed by atoms with Crippen LogP contribution in [0.25, 0.3) is 21.5 Å². The third-order valence-electron chi connectivity index (χ3n) is 11.1. The van der Waals surface area contributed by atoms with Crippen LogP contribution in [0.2, 0.25) is 0 Å². The van der Waals surface area contributed by atoms with Crippen LogP contribution in [0, 0.1) is 0 Å². The minimum Gasteiger partial charge on any atom is -0.748 e. The number of unbranched alkanes of at least 4 members (excludes halogenated alkanes) is 2. The summed E-state index contributed by atoms with van der Waals surface area (Å²) in [6.07, 6.45) is 14.7. The largest absolute Gasteiger partial charge is 1.00 e. The van der Waals surface area contributed by atoms with Gasteiger partial charge >= 0.3 is 154 Å². The second-order valence-corrected chi connectivity index (χ2v) is 21.1. The zero-order valence-electron chi connectivity index (χ0n) is 36.9. The Labute approximate surface area is 507 Å². The van der Waals surface area contributed by atoms with E-state index in [2.05, 4.69) is 32.7 Å². The van der Waals surface area contributed by atoms with Crippen LogP contribution in [-0.4, -0.2) is 73.8 Å². The molecule has 0 unspecified atom stereocenters. The number of hydrogen-bond acceptors (Lipinski definition) is 14. The van der Waals surface area contributed by atoms with Crippen molar-refractivity contribution in [3.63, 3.8) is 0 Å². The predicted octanol–water partition coefficient (Wildman–Crippen LogP) is -2.48. The van der Waals surface area contributed by atoms with Crippen LogP contribution in [0.4, 0.5) is 11.4 Å². The van der Waals surface area contributed by atoms with Crippen LogP contribution < -0.4 is 164 Å². The summed E-state index contributed by atoms with van der Waals surface area (Å²) in [5, 5.41) is 17.2. The van der Waals surface area contributed by atoms with Crippen molar-refractivity contribution in [3.05, 3.63) is 120 Å². The van der Waals surface area contributed by atoms with Gasteiger partial charge in [0.15, 0.2) is 5.71 Å². The number of benzene rings is 4. The third kappa shape index (κ3) is 14.4. The van der Waals surface area contributed by atoms with Crippen LogP contribution in [0.15, 0.2) is 119 Å². The Morgan fingerprint density at radius 3 is 1.94 bits per heavy atom. The molecular weight excluding hydrogens is 982 g/mol. The fourth-order valence-electron chi connectivity index (χ4n) is 8.47. The van der Waals surface area contributed by atoms with Gasteiger partial charge in [-0.1, -0.05) is 62.4 Å². The first-order valence-corrected chi connectivity index (χ1v) is 24.7. The fourth-order valence-corrected chi connectivity index (χ4v) is 10.5. The maximum absolute atomic E-state index is 11.8. The molecule has 0 N–H and O–H groups in total. The fraction of sp³-hybridized carbons (Fsp3) is 0.326. The van der Waals surface area contributed by atoms with Crippen LogP contribution in [0.3, 0.4) is 0 Å². The number of allylic oxidation sites excluding steroid dienone is 8. The van der Waals surface area contributed by atoms with Crippen LogP contribution in [-0.2, 0) is 50.6 Å². The van der Waals surface area contributed by atoms with Gasteiger partial charge in [0, 0.05) is 63.9 Å². The Hall–Kier alpha value is 0.699. The number of fused-ring (bicyclic) bond motifs is 6. The molecule has 64 heavy (non-hydrogen) atoms. The van der Waals surface area contributed by atoms with Crippen molar-refractivity contribution in [2.24, 2.45) is 0 Å². The van der Waals surface area contributed by atoms with Crippen LogP contribution >= 0.6 is 12.0 Å². The molecule has 0 atom stereocenters. The molecule has 0 amide bonds. The van der Waals surface area contributed by atoms with Crippen LogP contribution in [0.1, 0.15) is 64.5 Å². The van der Waals surface area contributed by atoms with Gasteiger partial charge in [0.25, 0.3) is 0 Å². The minimum atomic E-state index is -4.67. The second-order valence-electron chi connectivity index (χ2n) is 15.9. The summed E-state index contributed by atoms with van der Waals surface area (Å²) in [5.41, 5.74) is 4.56. The normalized spacial score (nSPS) is 16.5. The molecule has 2 aliphatic heterocycles. The Balaban J connectivity index is 0.00000363. The Bertz CT molecular complexity index is 2860. The standard InChI is InChI=1S/C43H48N2O12S4.3K/c1-42(2)38(44(24-10-12-26-59(47,48)49)36-22-16-30-28-32(58-57-56-46)18-20-34(30)40(36)42)14-8-6-5-7-9-15-39-43(3,4)41-35-21-19-33(61(53,54)55)29-31(35)17-23-37(41)45(39)25-11-13-27-60(50,51)52;;;/h5-9,14-23,28-29H,10-13,24-27H2,1-4H3,(H3-,46,47,48,49,50,51,52,53,54,55);;;/q;3*+1/p-3. The van der Waals surface area contributed by atoms with Crippen molar-refractivity contribution in [1.82, 2.24) is 0 Å². The molecule has 0 aliphatic carbocycles. The smallest absolute Gasteiger partial charge is 0.748 e. The van der Waals surface area contributed by atoms with Gasteiger partial charge < -0.3 is 23.8 Å². The van der Waals surface area contributed by atoms with Crippen molar-refractivity contribution in [1.29, 1.82) is 0 Å². The summed E-state index contributed by atoms with van der Waals surface area (Å²) < 4.78 is 110. The molecule has 4 aromatic rings. The summed E-state index contributed by atoms with van der Waals surface area (Å²) in [6.45, 7) is 9.19. The molecule has 4 aromatic carbocycles. The average molecular weight is 1030 g/mol. The van der Waals surface area contributed by atoms with E-state index in [1.54, 1.807) is 12.1 Å². The monoisotopic (exact) mass is 1030 g/mol. The van der Waals surface area contributed by atoms with Gasteiger partial charge in [-0.3, -0.25) is 5.04 Å². The van der Waals surface area contributed by atoms with Crippen molar-refractivity contribution < 1.29 is 212 Å². The van der Waals surface area contributed by atoms with E-state index < -0.39 is 52.7 Å². The van der Waals surface area contributed by atoms with Gasteiger partial charge in [-0.05, 0) is 103 Å². The average Bonchev–Trinajstić information content (AvgIpc) is 3.53. The molecular formula is C43H45K3N2O12S4. The molecule has 2 aliphatic rings. The molecule has 21 heteroatoms. The quantitative estimate of drug-likeness (QED) is 0.0147. The van der Waals surface area contributed by atoms with Gasteiger partial charge in [-0.2, -0.15) is 8.91 Å². The zero-order chi connectivity index (χ0) is 44.4. The van der Waals surface area contributed by atoms with E-state index in [0.29, 0.717) is 36.2 Å². The first-order chi connectivity index (χ1) is 28.6. The summed E-state index contributed by atoms with van der Waals surface area (Å²) >= 11 is 0.806. The van der Waals surface area contributed by atoms with Crippen molar-refractivity contribution >= 4 is 81.0 Å². The number of nitrogens with zero attached hydrogens (tertiary/aromatic N) is 2. The van der Waals surface area contributed by atoms with E-state index in [1.807, 2.05) is 92.8 Å². The van der Waals surface area contributed by atoms with Crippen molar-refractivity contribution in [3.8, 4) is 0 Å². The third-order valence-corrected chi connectivity index (χ3v) is 14.1. The van der Waals surface area contributed by atoms with E-state index in [1.165, 1.54) is 12.1 Å². The van der Waals surface area contributed by atoms with E-state index in [0.717, 1.165) is 62.1 Å². The SMILES string of the molecule is CC1(C)C(/C=C/C=C/C=C/C=C2\N(CCCCS(=O)(=O)[O-])c3ccc4cc(SOO[O-])ccc4c3C2(C)C)=[N+](CCCCS(=O)(=O)[O-])c2ccc3cc(S(=O)(=O)[O-])ccc3c21.[K+].[K+].[K+]. The molecule has 0 spiro atoms. The van der Waals surface area contributed by atoms with E-state index in [4.69, 9.17) is 0 Å². The summed E-state index contributed by atoms with van der Waals surface area (Å²) in [7, 11) is -13.4. The molecule has 2 heterocycles. The predicted molar refractivity (Wildman–Crippen MR) is 230 cm³/mol. The second kappa shape index (κ2) is 24.7. The Kier molecular flexibility index (Phi) is 22.8. The van der Waals surface area contributed by atoms with Gasteiger partial charge in [0.1, 0.15) is 16.7 Å². The van der Waals surface area contributed by atoms with Crippen LogP contribution in [0.5, 0.6) is 0 Å². The number of anilines is 1. The van der Waals surface area contributed by atoms with E-state index in [9.17, 15) is 44.2 Å². The van der Waals surface area contributed by atoms with Gasteiger partial charge in [-0.25, -0.2) is 25.3 Å². The first kappa shape index (κ1) is 59.0. The molecule has 0 bridgehead atoms. The molecule has 0 fully saturated rings. The minimum absolute atomic E-state index is 0. The molecule has 6 rings (SSSR count). The summed E-state index contributed by atoms with van der Waals surface area (Å²) in [5.74, 6) is -0.919. The van der Waals surface area contributed by atoms with Gasteiger partial charge in [0.05, 0.1) is 42.6 Å². The van der Waals surface area contributed by atoms with Crippen molar-refractivity contribution in [2.75, 3.05) is 29.5 Å². The Morgan fingerprint density at radius 1 is 0.688 bits per heavy atom. The van der Waals surface area contributed by atoms with Gasteiger partial charge in [0.2, 0.25) is 5.69 Å². The number of hydrogen-bond donors (Lipinski definition) is 0. The van der Waals surface area contributed by atoms with Crippen molar-refractivity contribution in [2.45, 2.75) is 74.0 Å². The van der Waals surface area contributed by atoms with E-state index >= 15 is 0 Å². The molecule has 14 nitrogen and oxygen atoms in total. The molecule has 0 saturated heterocycles. The summed E-state index contributed by atoms with van der Waals surface area (Å²) in [6, 6.07) is 17.6. The van der Waals surface area contributed by atoms with Gasteiger partial charge in [-0.15, -0.1) is 0 Å². The maximum Gasteiger partial charge on any atom is 1.00 e. The number of rotatable bonds is 18.